The summed E-state index contributed by atoms with van der Waals surface area (Å²) in [5.74, 6) is -0.212. The zero-order valence-electron chi connectivity index (χ0n) is 10.9. The van der Waals surface area contributed by atoms with Crippen LogP contribution < -0.4 is 10.2 Å². The largest absolute Gasteiger partial charge is 0.354 e. The molecule has 4 nitrogen and oxygen atoms in total. The average Bonchev–Trinajstić information content (AvgIpc) is 2.37. The minimum absolute atomic E-state index is 0.0549. The van der Waals surface area contributed by atoms with Gasteiger partial charge in [-0.3, -0.25) is 9.59 Å². The summed E-state index contributed by atoms with van der Waals surface area (Å²) in [6.45, 7) is 3.93. The topological polar surface area (TPSA) is 49.4 Å². The SMILES string of the molecule is CCC(=O)NCCN(C(C)=O)c1cc(Cl)ccc1Cl. The minimum atomic E-state index is -0.157. The normalized spacial score (nSPS) is 10.1. The third-order valence-corrected chi connectivity index (χ3v) is 3.11. The number of anilines is 1. The molecule has 0 aromatic heterocycles. The second-order valence-corrected chi connectivity index (χ2v) is 4.81. The van der Waals surface area contributed by atoms with Crippen molar-refractivity contribution in [3.05, 3.63) is 28.2 Å². The number of hydrogen-bond donors (Lipinski definition) is 1. The van der Waals surface area contributed by atoms with Gasteiger partial charge in [-0.2, -0.15) is 0 Å². The van der Waals surface area contributed by atoms with E-state index >= 15 is 0 Å². The van der Waals surface area contributed by atoms with Crippen LogP contribution in [0, 0.1) is 0 Å². The Morgan fingerprint density at radius 3 is 2.58 bits per heavy atom. The highest BCUT2D eigenvalue weighted by atomic mass is 35.5. The predicted molar refractivity (Wildman–Crippen MR) is 77.8 cm³/mol. The molecule has 1 aromatic carbocycles. The number of amides is 2. The molecule has 2 amide bonds. The van der Waals surface area contributed by atoms with Gasteiger partial charge < -0.3 is 10.2 Å². The molecule has 0 aliphatic carbocycles. The predicted octanol–water partition coefficient (Wildman–Crippen LogP) is 2.87. The first kappa shape index (κ1) is 15.8. The molecule has 0 aliphatic heterocycles. The van der Waals surface area contributed by atoms with Crippen LogP contribution in [-0.4, -0.2) is 24.9 Å². The maximum atomic E-state index is 11.7. The number of nitrogens with one attached hydrogen (secondary N) is 1. The Kier molecular flexibility index (Phi) is 6.12. The van der Waals surface area contributed by atoms with Crippen LogP contribution in [0.2, 0.25) is 10.0 Å². The molecular formula is C13H16Cl2N2O2. The van der Waals surface area contributed by atoms with E-state index in [9.17, 15) is 9.59 Å². The van der Waals surface area contributed by atoms with Gasteiger partial charge in [0.05, 0.1) is 10.7 Å². The third-order valence-electron chi connectivity index (χ3n) is 2.56. The van der Waals surface area contributed by atoms with E-state index in [2.05, 4.69) is 5.32 Å². The number of carbonyl (C=O) groups is 2. The smallest absolute Gasteiger partial charge is 0.223 e. The lowest BCUT2D eigenvalue weighted by Gasteiger charge is -2.22. The van der Waals surface area contributed by atoms with Crippen LogP contribution in [0.4, 0.5) is 5.69 Å². The van der Waals surface area contributed by atoms with Crippen molar-refractivity contribution in [1.29, 1.82) is 0 Å². The molecule has 6 heteroatoms. The van der Waals surface area contributed by atoms with Gasteiger partial charge in [0.1, 0.15) is 0 Å². The first-order chi connectivity index (χ1) is 8.95. The summed E-state index contributed by atoms with van der Waals surface area (Å²) in [6.07, 6.45) is 0.415. The first-order valence-electron chi connectivity index (χ1n) is 5.95. The molecule has 0 saturated carbocycles. The van der Waals surface area contributed by atoms with E-state index in [1.807, 2.05) is 0 Å². The quantitative estimate of drug-likeness (QED) is 0.909. The third kappa shape index (κ3) is 4.73. The van der Waals surface area contributed by atoms with E-state index in [1.54, 1.807) is 25.1 Å². The fourth-order valence-corrected chi connectivity index (χ4v) is 1.96. The lowest BCUT2D eigenvalue weighted by molar-refractivity contribution is -0.121. The second-order valence-electron chi connectivity index (χ2n) is 3.97. The Balaban J connectivity index is 2.80. The van der Waals surface area contributed by atoms with E-state index in [0.29, 0.717) is 35.2 Å². The number of nitrogens with zero attached hydrogens (tertiary/aromatic N) is 1. The van der Waals surface area contributed by atoms with Crippen molar-refractivity contribution in [2.45, 2.75) is 20.3 Å². The van der Waals surface area contributed by atoms with E-state index in [4.69, 9.17) is 23.2 Å². The maximum Gasteiger partial charge on any atom is 0.223 e. The lowest BCUT2D eigenvalue weighted by Crippen LogP contribution is -2.37. The van der Waals surface area contributed by atoms with E-state index in [1.165, 1.54) is 11.8 Å². The van der Waals surface area contributed by atoms with Gasteiger partial charge in [0.25, 0.3) is 0 Å². The summed E-state index contributed by atoms with van der Waals surface area (Å²) in [5.41, 5.74) is 0.549. The van der Waals surface area contributed by atoms with Gasteiger partial charge >= 0.3 is 0 Å². The fourth-order valence-electron chi connectivity index (χ4n) is 1.57. The summed E-state index contributed by atoms with van der Waals surface area (Å²) in [6, 6.07) is 4.93. The highest BCUT2D eigenvalue weighted by Gasteiger charge is 2.15. The van der Waals surface area contributed by atoms with Crippen molar-refractivity contribution < 1.29 is 9.59 Å². The summed E-state index contributed by atoms with van der Waals surface area (Å²) in [7, 11) is 0. The molecule has 0 aliphatic rings. The van der Waals surface area contributed by atoms with Crippen molar-refractivity contribution in [1.82, 2.24) is 5.32 Å². The molecule has 0 spiro atoms. The van der Waals surface area contributed by atoms with Crippen LogP contribution in [0.15, 0.2) is 18.2 Å². The number of halogens is 2. The molecule has 1 rings (SSSR count). The van der Waals surface area contributed by atoms with Gasteiger partial charge in [-0.1, -0.05) is 30.1 Å². The van der Waals surface area contributed by atoms with E-state index in [-0.39, 0.29) is 11.8 Å². The zero-order chi connectivity index (χ0) is 14.4. The molecule has 1 aromatic rings. The summed E-state index contributed by atoms with van der Waals surface area (Å²) < 4.78 is 0. The van der Waals surface area contributed by atoms with Crippen molar-refractivity contribution in [3.8, 4) is 0 Å². The number of benzene rings is 1. The molecule has 1 N–H and O–H groups in total. The van der Waals surface area contributed by atoms with Gasteiger partial charge in [0, 0.05) is 31.5 Å². The van der Waals surface area contributed by atoms with E-state index < -0.39 is 0 Å². The molecule has 0 unspecified atom stereocenters. The monoisotopic (exact) mass is 302 g/mol. The van der Waals surface area contributed by atoms with Crippen LogP contribution >= 0.6 is 23.2 Å². The number of carbonyl (C=O) groups excluding carboxylic acids is 2. The van der Waals surface area contributed by atoms with Crippen LogP contribution in [0.25, 0.3) is 0 Å². The van der Waals surface area contributed by atoms with Crippen molar-refractivity contribution in [2.24, 2.45) is 0 Å². The highest BCUT2D eigenvalue weighted by Crippen LogP contribution is 2.28. The minimum Gasteiger partial charge on any atom is -0.354 e. The molecule has 0 radical (unpaired) electrons. The molecule has 0 bridgehead atoms. The van der Waals surface area contributed by atoms with Crippen LogP contribution in [-0.2, 0) is 9.59 Å². The first-order valence-corrected chi connectivity index (χ1v) is 6.71. The highest BCUT2D eigenvalue weighted by molar-refractivity contribution is 6.35. The van der Waals surface area contributed by atoms with Gasteiger partial charge in [-0.05, 0) is 18.2 Å². The molecule has 0 saturated heterocycles. The molecule has 0 fully saturated rings. The summed E-state index contributed by atoms with van der Waals surface area (Å²) >= 11 is 12.0. The van der Waals surface area contributed by atoms with Crippen LogP contribution in [0.3, 0.4) is 0 Å². The van der Waals surface area contributed by atoms with Crippen LogP contribution in [0.1, 0.15) is 20.3 Å². The lowest BCUT2D eigenvalue weighted by atomic mass is 10.2. The molecular weight excluding hydrogens is 287 g/mol. The number of rotatable bonds is 5. The molecule has 104 valence electrons. The Morgan fingerprint density at radius 1 is 1.32 bits per heavy atom. The molecule has 19 heavy (non-hydrogen) atoms. The van der Waals surface area contributed by atoms with E-state index in [0.717, 1.165) is 0 Å². The Hall–Kier alpha value is -1.26. The van der Waals surface area contributed by atoms with Gasteiger partial charge in [-0.15, -0.1) is 0 Å². The van der Waals surface area contributed by atoms with Gasteiger partial charge in [0.2, 0.25) is 11.8 Å². The van der Waals surface area contributed by atoms with Gasteiger partial charge in [-0.25, -0.2) is 0 Å². The molecule has 0 atom stereocenters. The Morgan fingerprint density at radius 2 is 2.00 bits per heavy atom. The zero-order valence-corrected chi connectivity index (χ0v) is 12.4. The standard InChI is InChI=1S/C13H16Cl2N2O2/c1-3-13(19)16-6-7-17(9(2)18)12-8-10(14)4-5-11(12)15/h4-5,8H,3,6-7H2,1-2H3,(H,16,19). The van der Waals surface area contributed by atoms with Crippen molar-refractivity contribution in [3.63, 3.8) is 0 Å². The summed E-state index contributed by atoms with van der Waals surface area (Å²) in [4.78, 5) is 24.3. The Bertz CT molecular complexity index is 478. The fraction of sp³-hybridized carbons (Fsp3) is 0.385. The maximum absolute atomic E-state index is 11.7. The van der Waals surface area contributed by atoms with Crippen molar-refractivity contribution in [2.75, 3.05) is 18.0 Å². The average molecular weight is 303 g/mol. The summed E-state index contributed by atoms with van der Waals surface area (Å²) in [5, 5.41) is 3.66. The van der Waals surface area contributed by atoms with Crippen LogP contribution in [0.5, 0.6) is 0 Å². The second kappa shape index (κ2) is 7.36. The Labute approximate surface area is 122 Å². The number of hydrogen-bond acceptors (Lipinski definition) is 2. The van der Waals surface area contributed by atoms with Crippen molar-refractivity contribution >= 4 is 40.7 Å². The molecule has 0 heterocycles. The van der Waals surface area contributed by atoms with Gasteiger partial charge in [0.15, 0.2) is 0 Å².